The van der Waals surface area contributed by atoms with E-state index in [2.05, 4.69) is 10.3 Å². The van der Waals surface area contributed by atoms with Gasteiger partial charge >= 0.3 is 0 Å². The second kappa shape index (κ2) is 2.12. The van der Waals surface area contributed by atoms with Crippen LogP contribution in [0, 0.1) is 17.9 Å². The molecule has 0 aromatic carbocycles. The third kappa shape index (κ3) is 0.850. The maximum atomic E-state index is 8.19. The van der Waals surface area contributed by atoms with Gasteiger partial charge in [-0.1, -0.05) is 0 Å². The number of hydrogen-bond donors (Lipinski definition) is 1. The van der Waals surface area contributed by atoms with Crippen LogP contribution in [0.4, 0.5) is 0 Å². The zero-order valence-corrected chi connectivity index (χ0v) is 4.13. The number of aliphatic imine (C=N–C) groups is 1. The molecule has 1 aliphatic heterocycles. The van der Waals surface area contributed by atoms with Gasteiger partial charge in [-0.15, -0.1) is 0 Å². The van der Waals surface area contributed by atoms with E-state index in [1.165, 1.54) is 0 Å². The topological polar surface area (TPSA) is 48.2 Å². The van der Waals surface area contributed by atoms with E-state index in [-0.39, 0.29) is 0 Å². The monoisotopic (exact) mass is 106 g/mol. The van der Waals surface area contributed by atoms with Gasteiger partial charge in [0.05, 0.1) is 6.54 Å². The first-order chi connectivity index (χ1) is 3.93. The van der Waals surface area contributed by atoms with Crippen LogP contribution in [0.1, 0.15) is 0 Å². The smallest absolute Gasteiger partial charge is 0.206 e. The molecule has 3 nitrogen and oxygen atoms in total. The van der Waals surface area contributed by atoms with Crippen molar-refractivity contribution in [2.75, 3.05) is 0 Å². The normalized spacial score (nSPS) is 16.1. The lowest BCUT2D eigenvalue weighted by molar-refractivity contribution is 1.14. The summed E-state index contributed by atoms with van der Waals surface area (Å²) in [5.74, 6) is 0.340. The van der Waals surface area contributed by atoms with Crippen LogP contribution in [0.3, 0.4) is 0 Å². The molecule has 0 saturated heterocycles. The van der Waals surface area contributed by atoms with Gasteiger partial charge in [0.1, 0.15) is 6.07 Å². The van der Waals surface area contributed by atoms with Crippen LogP contribution >= 0.6 is 0 Å². The van der Waals surface area contributed by atoms with E-state index >= 15 is 0 Å². The maximum absolute atomic E-state index is 8.19. The predicted molar refractivity (Wildman–Crippen MR) is 29.6 cm³/mol. The molecule has 1 heterocycles. The van der Waals surface area contributed by atoms with Crippen LogP contribution in [0.2, 0.25) is 0 Å². The van der Waals surface area contributed by atoms with Crippen molar-refractivity contribution < 1.29 is 0 Å². The van der Waals surface area contributed by atoms with Gasteiger partial charge in [-0.05, 0) is 6.08 Å². The molecular weight excluding hydrogens is 102 g/mol. The largest absolute Gasteiger partial charge is 0.353 e. The van der Waals surface area contributed by atoms with E-state index in [0.717, 1.165) is 0 Å². The lowest BCUT2D eigenvalue weighted by Crippen LogP contribution is -2.19. The molecule has 1 radical (unpaired) electrons. The first-order valence-corrected chi connectivity index (χ1v) is 2.16. The van der Waals surface area contributed by atoms with E-state index in [4.69, 9.17) is 5.26 Å². The van der Waals surface area contributed by atoms with Gasteiger partial charge in [0.2, 0.25) is 5.84 Å². The maximum Gasteiger partial charge on any atom is 0.206 e. The minimum absolute atomic E-state index is 0.340. The molecule has 1 rings (SSSR count). The standard InChI is InChI=1S/C5H4N3/c6-4-5-7-2-1-3-8-5/h1-3H,(H,7,8). The van der Waals surface area contributed by atoms with Gasteiger partial charge in [-0.3, -0.25) is 0 Å². The third-order valence-electron chi connectivity index (χ3n) is 0.712. The van der Waals surface area contributed by atoms with Crippen LogP contribution in [0.15, 0.2) is 17.3 Å². The van der Waals surface area contributed by atoms with Crippen molar-refractivity contribution in [3.63, 3.8) is 0 Å². The lowest BCUT2D eigenvalue weighted by Gasteiger charge is -1.99. The Kier molecular flexibility index (Phi) is 1.29. The zero-order valence-electron chi connectivity index (χ0n) is 4.13. The Morgan fingerprint density at radius 3 is 3.00 bits per heavy atom. The average Bonchev–Trinajstić information content (AvgIpc) is 1.90. The van der Waals surface area contributed by atoms with Crippen LogP contribution in [-0.4, -0.2) is 5.84 Å². The van der Waals surface area contributed by atoms with Crippen molar-refractivity contribution in [3.8, 4) is 6.07 Å². The molecule has 0 spiro atoms. The Bertz CT molecular complexity index is 173. The molecule has 1 aliphatic rings. The third-order valence-corrected chi connectivity index (χ3v) is 0.712. The molecule has 0 unspecified atom stereocenters. The Labute approximate surface area is 47.3 Å². The Balaban J connectivity index is 2.67. The second-order valence-corrected chi connectivity index (χ2v) is 1.24. The zero-order chi connectivity index (χ0) is 5.82. The fraction of sp³-hybridized carbons (Fsp3) is 0. The Morgan fingerprint density at radius 1 is 1.75 bits per heavy atom. The van der Waals surface area contributed by atoms with Crippen molar-refractivity contribution >= 4 is 5.84 Å². The number of nitrogens with one attached hydrogen (secondary N) is 1. The molecule has 0 fully saturated rings. The highest BCUT2D eigenvalue weighted by molar-refractivity contribution is 5.97. The summed E-state index contributed by atoms with van der Waals surface area (Å²) in [6, 6.07) is 1.86. The van der Waals surface area contributed by atoms with Crippen molar-refractivity contribution in [3.05, 3.63) is 18.8 Å². The SMILES string of the molecule is N#CC1=NC=C[CH]N1. The van der Waals surface area contributed by atoms with Gasteiger partial charge in [0.15, 0.2) is 0 Å². The molecule has 0 aromatic heterocycles. The lowest BCUT2D eigenvalue weighted by atomic mass is 10.5. The van der Waals surface area contributed by atoms with Crippen molar-refractivity contribution in [2.24, 2.45) is 4.99 Å². The summed E-state index contributed by atoms with van der Waals surface area (Å²) in [5, 5.41) is 10.8. The number of amidine groups is 1. The van der Waals surface area contributed by atoms with E-state index in [9.17, 15) is 0 Å². The number of hydrogen-bond acceptors (Lipinski definition) is 3. The number of rotatable bonds is 0. The second-order valence-electron chi connectivity index (χ2n) is 1.24. The highest BCUT2D eigenvalue weighted by atomic mass is 15.0. The van der Waals surface area contributed by atoms with Gasteiger partial charge in [0.25, 0.3) is 0 Å². The Morgan fingerprint density at radius 2 is 2.62 bits per heavy atom. The molecule has 0 amide bonds. The molecule has 0 bridgehead atoms. The number of nitriles is 1. The van der Waals surface area contributed by atoms with Crippen molar-refractivity contribution in [1.82, 2.24) is 5.32 Å². The molecular formula is C5H4N3. The fourth-order valence-electron chi connectivity index (χ4n) is 0.386. The van der Waals surface area contributed by atoms with Gasteiger partial charge in [-0.2, -0.15) is 5.26 Å². The predicted octanol–water partition coefficient (Wildman–Crippen LogP) is 0.187. The van der Waals surface area contributed by atoms with E-state index in [0.29, 0.717) is 5.84 Å². The van der Waals surface area contributed by atoms with E-state index < -0.39 is 0 Å². The highest BCUT2D eigenvalue weighted by Gasteiger charge is 1.94. The Hall–Kier alpha value is -1.30. The summed E-state index contributed by atoms with van der Waals surface area (Å²) in [6.07, 6.45) is 3.29. The van der Waals surface area contributed by atoms with Gasteiger partial charge in [-0.25, -0.2) is 4.99 Å². The summed E-state index contributed by atoms with van der Waals surface area (Å²) >= 11 is 0. The van der Waals surface area contributed by atoms with Crippen LogP contribution in [0.5, 0.6) is 0 Å². The summed E-state index contributed by atoms with van der Waals surface area (Å²) in [5.41, 5.74) is 0. The van der Waals surface area contributed by atoms with Crippen LogP contribution in [0.25, 0.3) is 0 Å². The summed E-state index contributed by atoms with van der Waals surface area (Å²) in [6.45, 7) is 1.66. The summed E-state index contributed by atoms with van der Waals surface area (Å²) in [4.78, 5) is 3.68. The fourth-order valence-corrected chi connectivity index (χ4v) is 0.386. The summed E-state index contributed by atoms with van der Waals surface area (Å²) < 4.78 is 0. The molecule has 0 saturated carbocycles. The minimum Gasteiger partial charge on any atom is -0.353 e. The molecule has 8 heavy (non-hydrogen) atoms. The molecule has 0 atom stereocenters. The minimum atomic E-state index is 0.340. The molecule has 0 aromatic rings. The van der Waals surface area contributed by atoms with E-state index in [1.807, 2.05) is 6.07 Å². The van der Waals surface area contributed by atoms with Crippen molar-refractivity contribution in [2.45, 2.75) is 0 Å². The first-order valence-electron chi connectivity index (χ1n) is 2.16. The molecule has 1 N–H and O–H groups in total. The average molecular weight is 106 g/mol. The van der Waals surface area contributed by atoms with Crippen LogP contribution < -0.4 is 5.32 Å². The quantitative estimate of drug-likeness (QED) is 0.479. The first kappa shape index (κ1) is 4.85. The van der Waals surface area contributed by atoms with Crippen molar-refractivity contribution in [1.29, 1.82) is 5.26 Å². The van der Waals surface area contributed by atoms with Gasteiger partial charge < -0.3 is 5.32 Å². The van der Waals surface area contributed by atoms with Crippen LogP contribution in [-0.2, 0) is 0 Å². The summed E-state index contributed by atoms with van der Waals surface area (Å²) in [7, 11) is 0. The number of nitrogens with zero attached hydrogens (tertiary/aromatic N) is 2. The molecule has 39 valence electrons. The van der Waals surface area contributed by atoms with E-state index in [1.54, 1.807) is 18.8 Å². The molecule has 0 aliphatic carbocycles. The molecule has 3 heteroatoms. The van der Waals surface area contributed by atoms with Gasteiger partial charge in [0, 0.05) is 6.20 Å². The highest BCUT2D eigenvalue weighted by Crippen LogP contribution is 1.86.